The van der Waals surface area contributed by atoms with Crippen LogP contribution in [0.2, 0.25) is 0 Å². The van der Waals surface area contributed by atoms with Crippen LogP contribution >= 0.6 is 0 Å². The first-order valence-electron chi connectivity index (χ1n) is 8.71. The molecule has 1 N–H and O–H groups in total. The van der Waals surface area contributed by atoms with E-state index in [0.29, 0.717) is 24.9 Å². The average Bonchev–Trinajstić information content (AvgIpc) is 2.66. The largest absolute Gasteiger partial charge is 0.461 e. The van der Waals surface area contributed by atoms with Crippen LogP contribution in [0, 0.1) is 17.0 Å². The normalized spacial score (nSPS) is 10.3. The molecule has 0 unspecified atom stereocenters. The molecule has 0 aliphatic rings. The molecule has 0 saturated heterocycles. The molecule has 1 amide bonds. The molecule has 0 radical (unpaired) electrons. The van der Waals surface area contributed by atoms with Crippen molar-refractivity contribution >= 4 is 17.6 Å². The predicted molar refractivity (Wildman–Crippen MR) is 100 cm³/mol. The first kappa shape index (κ1) is 20.1. The number of rotatable bonds is 9. The molecule has 0 aliphatic carbocycles. The van der Waals surface area contributed by atoms with E-state index in [2.05, 4.69) is 5.32 Å². The van der Waals surface area contributed by atoms with Gasteiger partial charge in [0.05, 0.1) is 4.92 Å². The van der Waals surface area contributed by atoms with Gasteiger partial charge in [-0.3, -0.25) is 19.7 Å². The van der Waals surface area contributed by atoms with Gasteiger partial charge >= 0.3 is 5.97 Å². The second kappa shape index (κ2) is 10.1. The molecular weight excluding hydrogens is 348 g/mol. The van der Waals surface area contributed by atoms with Crippen molar-refractivity contribution < 1.29 is 19.2 Å². The van der Waals surface area contributed by atoms with E-state index in [0.717, 1.165) is 5.56 Å². The van der Waals surface area contributed by atoms with Crippen molar-refractivity contribution in [2.75, 3.05) is 6.54 Å². The van der Waals surface area contributed by atoms with Crippen molar-refractivity contribution in [2.45, 2.75) is 32.8 Å². The standard InChI is InChI=1S/C20H22N2O5/c1-15-8-7-11-17(19(15)22(25)26)20(24)21-13-6-5-12-18(23)27-14-16-9-3-2-4-10-16/h2-4,7-11H,5-6,12-14H2,1H3,(H,21,24). The lowest BCUT2D eigenvalue weighted by Gasteiger charge is -2.07. The number of carbonyl (C=O) groups excluding carboxylic acids is 2. The van der Waals surface area contributed by atoms with E-state index >= 15 is 0 Å². The molecule has 0 aliphatic heterocycles. The highest BCUT2D eigenvalue weighted by molar-refractivity contribution is 5.98. The van der Waals surface area contributed by atoms with Gasteiger partial charge in [0.1, 0.15) is 12.2 Å². The summed E-state index contributed by atoms with van der Waals surface area (Å²) in [6.45, 7) is 2.17. The van der Waals surface area contributed by atoms with E-state index in [4.69, 9.17) is 4.74 Å². The molecular formula is C20H22N2O5. The van der Waals surface area contributed by atoms with Crippen LogP contribution in [-0.4, -0.2) is 23.3 Å². The van der Waals surface area contributed by atoms with Gasteiger partial charge < -0.3 is 10.1 Å². The Labute approximate surface area is 157 Å². The number of nitrogens with zero attached hydrogens (tertiary/aromatic N) is 1. The van der Waals surface area contributed by atoms with Gasteiger partial charge in [0.25, 0.3) is 11.6 Å². The minimum Gasteiger partial charge on any atom is -0.461 e. The van der Waals surface area contributed by atoms with Crippen LogP contribution < -0.4 is 5.32 Å². The number of para-hydroxylation sites is 1. The van der Waals surface area contributed by atoms with Crippen LogP contribution in [-0.2, 0) is 16.1 Å². The van der Waals surface area contributed by atoms with Gasteiger partial charge in [-0.2, -0.15) is 0 Å². The molecule has 0 bridgehead atoms. The summed E-state index contributed by atoms with van der Waals surface area (Å²) in [4.78, 5) is 34.5. The zero-order chi connectivity index (χ0) is 19.6. The molecule has 0 fully saturated rings. The maximum atomic E-state index is 12.2. The molecule has 27 heavy (non-hydrogen) atoms. The number of hydrogen-bond acceptors (Lipinski definition) is 5. The van der Waals surface area contributed by atoms with Crippen molar-refractivity contribution in [1.82, 2.24) is 5.32 Å². The number of amides is 1. The SMILES string of the molecule is Cc1cccc(C(=O)NCCCCC(=O)OCc2ccccc2)c1[N+](=O)[O-]. The van der Waals surface area contributed by atoms with Crippen molar-refractivity contribution in [1.29, 1.82) is 0 Å². The summed E-state index contributed by atoms with van der Waals surface area (Å²) in [5.41, 5.74) is 1.23. The monoisotopic (exact) mass is 370 g/mol. The summed E-state index contributed by atoms with van der Waals surface area (Å²) in [6.07, 6.45) is 1.39. The number of unbranched alkanes of at least 4 members (excludes halogenated alkanes) is 1. The van der Waals surface area contributed by atoms with Crippen LogP contribution in [0.15, 0.2) is 48.5 Å². The Kier molecular flexibility index (Phi) is 7.49. The van der Waals surface area contributed by atoms with Crippen LogP contribution in [0.1, 0.15) is 40.7 Å². The summed E-state index contributed by atoms with van der Waals surface area (Å²) in [5.74, 6) is -0.781. The lowest BCUT2D eigenvalue weighted by Crippen LogP contribution is -2.25. The lowest BCUT2D eigenvalue weighted by molar-refractivity contribution is -0.385. The quantitative estimate of drug-likeness (QED) is 0.315. The maximum absolute atomic E-state index is 12.2. The van der Waals surface area contributed by atoms with Crippen molar-refractivity contribution in [3.8, 4) is 0 Å². The van der Waals surface area contributed by atoms with E-state index in [1.165, 1.54) is 6.07 Å². The van der Waals surface area contributed by atoms with Crippen molar-refractivity contribution in [3.05, 3.63) is 75.3 Å². The fourth-order valence-corrected chi connectivity index (χ4v) is 2.59. The fourth-order valence-electron chi connectivity index (χ4n) is 2.59. The molecule has 0 atom stereocenters. The summed E-state index contributed by atoms with van der Waals surface area (Å²) in [6, 6.07) is 14.1. The Balaban J connectivity index is 1.70. The Morgan fingerprint density at radius 2 is 1.81 bits per heavy atom. The summed E-state index contributed by atoms with van der Waals surface area (Å²) >= 11 is 0. The zero-order valence-electron chi connectivity index (χ0n) is 15.1. The molecule has 0 heterocycles. The van der Waals surface area contributed by atoms with Crippen LogP contribution in [0.3, 0.4) is 0 Å². The zero-order valence-corrected chi connectivity index (χ0v) is 15.1. The third kappa shape index (κ3) is 6.22. The number of carbonyl (C=O) groups is 2. The second-order valence-electron chi connectivity index (χ2n) is 6.09. The third-order valence-corrected chi connectivity index (χ3v) is 4.00. The van der Waals surface area contributed by atoms with Gasteiger partial charge in [0.2, 0.25) is 0 Å². The summed E-state index contributed by atoms with van der Waals surface area (Å²) in [5, 5.41) is 13.8. The van der Waals surface area contributed by atoms with Crippen molar-refractivity contribution in [3.63, 3.8) is 0 Å². The maximum Gasteiger partial charge on any atom is 0.306 e. The van der Waals surface area contributed by atoms with E-state index in [1.54, 1.807) is 19.1 Å². The number of nitro groups is 1. The van der Waals surface area contributed by atoms with Gasteiger partial charge in [-0.05, 0) is 31.4 Å². The highest BCUT2D eigenvalue weighted by Crippen LogP contribution is 2.22. The molecule has 7 nitrogen and oxygen atoms in total. The van der Waals surface area contributed by atoms with Gasteiger partial charge in [0.15, 0.2) is 0 Å². The number of esters is 1. The Morgan fingerprint density at radius 3 is 2.52 bits per heavy atom. The van der Waals surface area contributed by atoms with E-state index in [9.17, 15) is 19.7 Å². The molecule has 0 aromatic heterocycles. The second-order valence-corrected chi connectivity index (χ2v) is 6.09. The average molecular weight is 370 g/mol. The lowest BCUT2D eigenvalue weighted by atomic mass is 10.1. The Hall–Kier alpha value is -3.22. The fraction of sp³-hybridized carbons (Fsp3) is 0.300. The van der Waals surface area contributed by atoms with Gasteiger partial charge in [-0.15, -0.1) is 0 Å². The number of benzene rings is 2. The first-order chi connectivity index (χ1) is 13.0. The molecule has 0 saturated carbocycles. The predicted octanol–water partition coefficient (Wildman–Crippen LogP) is 3.55. The van der Waals surface area contributed by atoms with Gasteiger partial charge in [-0.25, -0.2) is 0 Å². The van der Waals surface area contributed by atoms with Crippen LogP contribution in [0.25, 0.3) is 0 Å². The van der Waals surface area contributed by atoms with Gasteiger partial charge in [-0.1, -0.05) is 42.5 Å². The molecule has 2 aromatic carbocycles. The molecule has 2 aromatic rings. The minimum atomic E-state index is -0.549. The van der Waals surface area contributed by atoms with Crippen LogP contribution in [0.4, 0.5) is 5.69 Å². The van der Waals surface area contributed by atoms with Crippen LogP contribution in [0.5, 0.6) is 0 Å². The third-order valence-electron chi connectivity index (χ3n) is 4.00. The molecule has 0 spiro atoms. The number of hydrogen-bond donors (Lipinski definition) is 1. The summed E-state index contributed by atoms with van der Waals surface area (Å²) in [7, 11) is 0. The molecule has 142 valence electrons. The van der Waals surface area contributed by atoms with E-state index < -0.39 is 10.8 Å². The number of aryl methyl sites for hydroxylation is 1. The highest BCUT2D eigenvalue weighted by Gasteiger charge is 2.21. The number of nitrogens with one attached hydrogen (secondary N) is 1. The highest BCUT2D eigenvalue weighted by atomic mass is 16.6. The van der Waals surface area contributed by atoms with Crippen molar-refractivity contribution in [2.24, 2.45) is 0 Å². The first-order valence-corrected chi connectivity index (χ1v) is 8.71. The van der Waals surface area contributed by atoms with E-state index in [-0.39, 0.29) is 30.2 Å². The van der Waals surface area contributed by atoms with E-state index in [1.807, 2.05) is 30.3 Å². The smallest absolute Gasteiger partial charge is 0.306 e. The molecule has 2 rings (SSSR count). The van der Waals surface area contributed by atoms with Gasteiger partial charge in [0, 0.05) is 18.5 Å². The number of nitro benzene ring substituents is 1. The minimum absolute atomic E-state index is 0.0438. The Morgan fingerprint density at radius 1 is 1.07 bits per heavy atom. The Bertz CT molecular complexity index is 805. The molecule has 7 heteroatoms. The summed E-state index contributed by atoms with van der Waals surface area (Å²) < 4.78 is 5.18. The number of ether oxygens (including phenoxy) is 1. The topological polar surface area (TPSA) is 98.5 Å².